The molecule has 0 bridgehead atoms. The monoisotopic (exact) mass is 372 g/mol. The second-order valence-electron chi connectivity index (χ2n) is 5.48. The molecule has 3 rings (SSSR count). The number of amides is 1. The molecule has 0 radical (unpaired) electrons. The Balaban J connectivity index is 0.00000144. The number of hydrogen-bond donors (Lipinski definition) is 2. The van der Waals surface area contributed by atoms with Crippen LogP contribution in [0.3, 0.4) is 0 Å². The summed E-state index contributed by atoms with van der Waals surface area (Å²) in [7, 11) is 0. The van der Waals surface area contributed by atoms with Crippen molar-refractivity contribution in [3.8, 4) is 5.75 Å². The van der Waals surface area contributed by atoms with Crippen molar-refractivity contribution < 1.29 is 9.53 Å². The van der Waals surface area contributed by atoms with E-state index in [9.17, 15) is 4.79 Å². The first-order valence-corrected chi connectivity index (χ1v) is 7.39. The molecule has 0 saturated carbocycles. The summed E-state index contributed by atoms with van der Waals surface area (Å²) in [5.41, 5.74) is 3.73. The van der Waals surface area contributed by atoms with Gasteiger partial charge in [0.05, 0.1) is 5.69 Å². The molecule has 1 amide bonds. The van der Waals surface area contributed by atoms with Gasteiger partial charge in [-0.15, -0.1) is 24.8 Å². The topological polar surface area (TPSA) is 68.2 Å². The fourth-order valence-electron chi connectivity index (χ4n) is 2.56. The van der Waals surface area contributed by atoms with E-state index in [1.807, 2.05) is 38.1 Å². The highest BCUT2D eigenvalue weighted by Gasteiger charge is 2.11. The average molecular weight is 373 g/mol. The predicted molar refractivity (Wildman–Crippen MR) is 98.5 cm³/mol. The Kier molecular flexibility index (Phi) is 7.54. The van der Waals surface area contributed by atoms with Crippen molar-refractivity contribution in [2.75, 3.05) is 18.5 Å². The number of anilines is 1. The van der Waals surface area contributed by atoms with Crippen LogP contribution in [0, 0.1) is 13.8 Å². The van der Waals surface area contributed by atoms with Crippen molar-refractivity contribution in [1.29, 1.82) is 0 Å². The van der Waals surface area contributed by atoms with Crippen molar-refractivity contribution >= 4 is 36.4 Å². The zero-order valence-corrected chi connectivity index (χ0v) is 15.3. The molecule has 1 aliphatic heterocycles. The highest BCUT2D eigenvalue weighted by molar-refractivity contribution is 5.90. The Morgan fingerprint density at radius 3 is 2.83 bits per heavy atom. The standard InChI is InChI=1S/C16H20N4O2.2ClH/c1-11-7-12(2)20(19-11)10-16(21)18-14-3-4-15-13(8-14)9-17-5-6-22-15;;/h3-4,7-8,17H,5-6,9-10H2,1-2H3,(H,18,21);2*1H. The van der Waals surface area contributed by atoms with Crippen LogP contribution in [-0.2, 0) is 17.9 Å². The number of carbonyl (C=O) groups is 1. The molecule has 0 unspecified atom stereocenters. The van der Waals surface area contributed by atoms with Crippen molar-refractivity contribution in [3.63, 3.8) is 0 Å². The normalized spacial score (nSPS) is 12.8. The molecule has 8 heteroatoms. The van der Waals surface area contributed by atoms with Gasteiger partial charge in [0.25, 0.3) is 0 Å². The maximum absolute atomic E-state index is 12.2. The lowest BCUT2D eigenvalue weighted by Gasteiger charge is -2.10. The predicted octanol–water partition coefficient (Wildman–Crippen LogP) is 2.46. The number of nitrogens with zero attached hydrogens (tertiary/aromatic N) is 2. The lowest BCUT2D eigenvalue weighted by Crippen LogP contribution is -2.20. The molecule has 0 atom stereocenters. The highest BCUT2D eigenvalue weighted by atomic mass is 35.5. The van der Waals surface area contributed by atoms with Gasteiger partial charge in [-0.2, -0.15) is 5.10 Å². The van der Waals surface area contributed by atoms with E-state index in [1.54, 1.807) is 4.68 Å². The number of rotatable bonds is 3. The number of hydrogen-bond acceptors (Lipinski definition) is 4. The molecule has 24 heavy (non-hydrogen) atoms. The van der Waals surface area contributed by atoms with Crippen LogP contribution < -0.4 is 15.4 Å². The van der Waals surface area contributed by atoms with E-state index >= 15 is 0 Å². The summed E-state index contributed by atoms with van der Waals surface area (Å²) in [6.07, 6.45) is 0. The number of ether oxygens (including phenoxy) is 1. The van der Waals surface area contributed by atoms with Gasteiger partial charge in [-0.1, -0.05) is 0 Å². The Morgan fingerprint density at radius 2 is 2.12 bits per heavy atom. The van der Waals surface area contributed by atoms with Crippen LogP contribution in [0.1, 0.15) is 17.0 Å². The van der Waals surface area contributed by atoms with E-state index < -0.39 is 0 Å². The van der Waals surface area contributed by atoms with Crippen LogP contribution in [0.4, 0.5) is 5.69 Å². The molecule has 6 nitrogen and oxygen atoms in total. The molecule has 2 N–H and O–H groups in total. The Labute approximate surface area is 153 Å². The minimum Gasteiger partial charge on any atom is -0.492 e. The number of halogens is 2. The van der Waals surface area contributed by atoms with Gasteiger partial charge in [0.2, 0.25) is 5.91 Å². The van der Waals surface area contributed by atoms with Gasteiger partial charge in [-0.3, -0.25) is 9.48 Å². The third-order valence-electron chi connectivity index (χ3n) is 3.59. The number of nitrogens with one attached hydrogen (secondary N) is 2. The van der Waals surface area contributed by atoms with Crippen molar-refractivity contribution in [2.45, 2.75) is 26.9 Å². The molecular formula is C16H22Cl2N4O2. The molecule has 0 fully saturated rings. The minimum atomic E-state index is -0.0892. The molecule has 2 aromatic rings. The van der Waals surface area contributed by atoms with Crippen LogP contribution in [0.15, 0.2) is 24.3 Å². The van der Waals surface area contributed by atoms with Gasteiger partial charge in [0, 0.05) is 30.0 Å². The lowest BCUT2D eigenvalue weighted by molar-refractivity contribution is -0.116. The quantitative estimate of drug-likeness (QED) is 0.868. The second kappa shape index (κ2) is 8.92. The van der Waals surface area contributed by atoms with E-state index in [0.29, 0.717) is 6.61 Å². The zero-order valence-electron chi connectivity index (χ0n) is 13.7. The molecule has 0 aliphatic carbocycles. The fraction of sp³-hybridized carbons (Fsp3) is 0.375. The van der Waals surface area contributed by atoms with Crippen molar-refractivity contribution in [3.05, 3.63) is 41.2 Å². The molecular weight excluding hydrogens is 351 g/mol. The Hall–Kier alpha value is -1.76. The first-order chi connectivity index (χ1) is 10.6. The van der Waals surface area contributed by atoms with Crippen LogP contribution >= 0.6 is 24.8 Å². The molecule has 0 spiro atoms. The third-order valence-corrected chi connectivity index (χ3v) is 3.59. The Bertz CT molecular complexity index is 703. The number of benzene rings is 1. The van der Waals surface area contributed by atoms with Gasteiger partial charge in [0.1, 0.15) is 18.9 Å². The SMILES string of the molecule is Cc1cc(C)n(CC(=O)Nc2ccc3c(c2)CNCCO3)n1.Cl.Cl. The van der Waals surface area contributed by atoms with Gasteiger partial charge in [0.15, 0.2) is 0 Å². The molecule has 1 aromatic carbocycles. The summed E-state index contributed by atoms with van der Waals surface area (Å²) in [6, 6.07) is 7.68. The van der Waals surface area contributed by atoms with Gasteiger partial charge >= 0.3 is 0 Å². The van der Waals surface area contributed by atoms with E-state index in [4.69, 9.17) is 4.74 Å². The molecule has 132 valence electrons. The third kappa shape index (κ3) is 4.87. The summed E-state index contributed by atoms with van der Waals surface area (Å²) >= 11 is 0. The number of fused-ring (bicyclic) bond motifs is 1. The maximum Gasteiger partial charge on any atom is 0.246 e. The maximum atomic E-state index is 12.2. The highest BCUT2D eigenvalue weighted by Crippen LogP contribution is 2.24. The summed E-state index contributed by atoms with van der Waals surface area (Å²) in [6.45, 7) is 6.31. The van der Waals surface area contributed by atoms with Crippen molar-refractivity contribution in [1.82, 2.24) is 15.1 Å². The van der Waals surface area contributed by atoms with Crippen LogP contribution in [-0.4, -0.2) is 28.8 Å². The van der Waals surface area contributed by atoms with Gasteiger partial charge < -0.3 is 15.4 Å². The largest absolute Gasteiger partial charge is 0.492 e. The minimum absolute atomic E-state index is 0. The van der Waals surface area contributed by atoms with E-state index in [1.165, 1.54) is 0 Å². The lowest BCUT2D eigenvalue weighted by atomic mass is 10.1. The molecule has 1 aromatic heterocycles. The zero-order chi connectivity index (χ0) is 15.5. The number of aryl methyl sites for hydroxylation is 2. The summed E-state index contributed by atoms with van der Waals surface area (Å²) in [5.74, 6) is 0.787. The van der Waals surface area contributed by atoms with E-state index in [0.717, 1.165) is 41.5 Å². The fourth-order valence-corrected chi connectivity index (χ4v) is 2.56. The molecule has 1 aliphatic rings. The van der Waals surface area contributed by atoms with Crippen LogP contribution in [0.5, 0.6) is 5.75 Å². The first-order valence-electron chi connectivity index (χ1n) is 7.39. The smallest absolute Gasteiger partial charge is 0.246 e. The average Bonchev–Trinajstić information content (AvgIpc) is 2.67. The summed E-state index contributed by atoms with van der Waals surface area (Å²) < 4.78 is 7.34. The van der Waals surface area contributed by atoms with Crippen LogP contribution in [0.25, 0.3) is 0 Å². The summed E-state index contributed by atoms with van der Waals surface area (Å²) in [5, 5.41) is 10.5. The van der Waals surface area contributed by atoms with Crippen LogP contribution in [0.2, 0.25) is 0 Å². The Morgan fingerprint density at radius 1 is 1.33 bits per heavy atom. The summed E-state index contributed by atoms with van der Waals surface area (Å²) in [4.78, 5) is 12.2. The van der Waals surface area contributed by atoms with E-state index in [2.05, 4.69) is 15.7 Å². The van der Waals surface area contributed by atoms with E-state index in [-0.39, 0.29) is 37.3 Å². The van der Waals surface area contributed by atoms with Crippen molar-refractivity contribution in [2.24, 2.45) is 0 Å². The second-order valence-corrected chi connectivity index (χ2v) is 5.48. The number of aromatic nitrogens is 2. The molecule has 0 saturated heterocycles. The molecule has 2 heterocycles. The first kappa shape index (κ1) is 20.3. The van der Waals surface area contributed by atoms with Gasteiger partial charge in [-0.05, 0) is 38.1 Å². The number of carbonyl (C=O) groups excluding carboxylic acids is 1. The van der Waals surface area contributed by atoms with Gasteiger partial charge in [-0.25, -0.2) is 0 Å².